The van der Waals surface area contributed by atoms with Crippen LogP contribution in [0.4, 0.5) is 5.69 Å². The van der Waals surface area contributed by atoms with Crippen LogP contribution in [0.3, 0.4) is 0 Å². The zero-order chi connectivity index (χ0) is 30.8. The Bertz CT molecular complexity index is 1890. The van der Waals surface area contributed by atoms with Crippen molar-refractivity contribution in [3.05, 3.63) is 136 Å². The van der Waals surface area contributed by atoms with Crippen LogP contribution in [0.5, 0.6) is 28.7 Å². The molecule has 0 saturated heterocycles. The number of carbonyl (C=O) groups excluding carboxylic acids is 1. The summed E-state index contributed by atoms with van der Waals surface area (Å²) in [5.41, 5.74) is 4.13. The van der Waals surface area contributed by atoms with Gasteiger partial charge >= 0.3 is 0 Å². The van der Waals surface area contributed by atoms with Crippen molar-refractivity contribution < 1.29 is 29.6 Å². The third-order valence-corrected chi connectivity index (χ3v) is 8.57. The molecule has 2 heterocycles. The molecule has 2 aliphatic rings. The Morgan fingerprint density at radius 1 is 0.773 bits per heavy atom. The van der Waals surface area contributed by atoms with Gasteiger partial charge in [0.05, 0.1) is 31.0 Å². The summed E-state index contributed by atoms with van der Waals surface area (Å²) in [6.07, 6.45) is 8.90. The first-order valence-electron chi connectivity index (χ1n) is 13.8. The Morgan fingerprint density at radius 2 is 1.41 bits per heavy atom. The number of aromatic hydroxyl groups is 3. The van der Waals surface area contributed by atoms with Crippen molar-refractivity contribution >= 4 is 35.4 Å². The number of nitrogens with zero attached hydrogens (tertiary/aromatic N) is 1. The smallest absolute Gasteiger partial charge is 0.184 e. The van der Waals surface area contributed by atoms with Gasteiger partial charge < -0.3 is 29.7 Å². The van der Waals surface area contributed by atoms with E-state index < -0.39 is 6.04 Å². The lowest BCUT2D eigenvalue weighted by molar-refractivity contribution is -0.111. The second-order valence-corrected chi connectivity index (χ2v) is 11.2. The summed E-state index contributed by atoms with van der Waals surface area (Å²) in [7, 11) is 2.96. The molecule has 1 unspecified atom stereocenters. The lowest BCUT2D eigenvalue weighted by Gasteiger charge is -2.36. The quantitative estimate of drug-likeness (QED) is 0.177. The molecule has 1 atom stereocenters. The fourth-order valence-corrected chi connectivity index (χ4v) is 6.49. The molecule has 3 N–H and O–H groups in total. The molecule has 0 saturated carbocycles. The van der Waals surface area contributed by atoms with Crippen molar-refractivity contribution in [3.63, 3.8) is 0 Å². The first-order valence-corrected chi connectivity index (χ1v) is 14.6. The van der Waals surface area contributed by atoms with E-state index in [0.717, 1.165) is 21.2 Å². The second-order valence-electron chi connectivity index (χ2n) is 10.1. The van der Waals surface area contributed by atoms with Crippen molar-refractivity contribution in [2.45, 2.75) is 10.9 Å². The molecule has 44 heavy (non-hydrogen) atoms. The van der Waals surface area contributed by atoms with E-state index in [1.807, 2.05) is 54.6 Å². The molecule has 0 aromatic heterocycles. The van der Waals surface area contributed by atoms with Crippen LogP contribution in [-0.2, 0) is 4.79 Å². The number of para-hydroxylation sites is 2. The average Bonchev–Trinajstić information content (AvgIpc) is 3.41. The third kappa shape index (κ3) is 5.43. The van der Waals surface area contributed by atoms with Crippen molar-refractivity contribution in [3.8, 4) is 28.7 Å². The van der Waals surface area contributed by atoms with Gasteiger partial charge in [-0.2, -0.15) is 0 Å². The van der Waals surface area contributed by atoms with Crippen molar-refractivity contribution in [2.24, 2.45) is 0 Å². The van der Waals surface area contributed by atoms with Gasteiger partial charge in [0.25, 0.3) is 0 Å². The van der Waals surface area contributed by atoms with Gasteiger partial charge in [-0.25, -0.2) is 0 Å². The molecule has 6 rings (SSSR count). The molecule has 0 fully saturated rings. The first-order chi connectivity index (χ1) is 21.4. The van der Waals surface area contributed by atoms with Gasteiger partial charge in [-0.05, 0) is 71.3 Å². The number of phenols is 3. The molecule has 220 valence electrons. The Labute approximate surface area is 259 Å². The predicted octanol–water partition coefficient (Wildman–Crippen LogP) is 7.62. The van der Waals surface area contributed by atoms with E-state index in [1.54, 1.807) is 60.3 Å². The summed E-state index contributed by atoms with van der Waals surface area (Å²) in [5.74, 6) is 0.509. The van der Waals surface area contributed by atoms with Gasteiger partial charge in [-0.3, -0.25) is 4.79 Å². The van der Waals surface area contributed by atoms with Gasteiger partial charge in [0.15, 0.2) is 28.8 Å². The molecule has 8 heteroatoms. The highest BCUT2D eigenvalue weighted by Gasteiger charge is 2.40. The Morgan fingerprint density at radius 3 is 2.09 bits per heavy atom. The maximum atomic E-state index is 14.3. The topological polar surface area (TPSA) is 99.5 Å². The summed E-state index contributed by atoms with van der Waals surface area (Å²) in [5, 5.41) is 32.1. The molecule has 0 spiro atoms. The summed E-state index contributed by atoms with van der Waals surface area (Å²) < 4.78 is 10.5. The number of methoxy groups -OCH3 is 2. The van der Waals surface area contributed by atoms with Gasteiger partial charge in [0.2, 0.25) is 0 Å². The number of rotatable bonds is 8. The van der Waals surface area contributed by atoms with Crippen LogP contribution in [0.15, 0.2) is 124 Å². The third-order valence-electron chi connectivity index (χ3n) is 7.49. The van der Waals surface area contributed by atoms with Gasteiger partial charge in [0, 0.05) is 16.0 Å². The van der Waals surface area contributed by atoms with E-state index in [2.05, 4.69) is 4.90 Å². The number of hydrogen-bond donors (Lipinski definition) is 3. The van der Waals surface area contributed by atoms with Crippen LogP contribution in [0.2, 0.25) is 0 Å². The van der Waals surface area contributed by atoms with E-state index in [1.165, 1.54) is 26.4 Å². The fourth-order valence-electron chi connectivity index (χ4n) is 5.36. The highest BCUT2D eigenvalue weighted by Crippen LogP contribution is 2.55. The number of fused-ring (bicyclic) bond motifs is 3. The van der Waals surface area contributed by atoms with E-state index in [0.29, 0.717) is 33.8 Å². The number of ketones is 1. The number of hydrogen-bond acceptors (Lipinski definition) is 8. The highest BCUT2D eigenvalue weighted by molar-refractivity contribution is 8.03. The predicted molar refractivity (Wildman–Crippen MR) is 173 cm³/mol. The number of phenolic OH excluding ortho intramolecular Hbond substituents is 3. The largest absolute Gasteiger partial charge is 0.508 e. The maximum Gasteiger partial charge on any atom is 0.184 e. The van der Waals surface area contributed by atoms with Crippen LogP contribution in [0, 0.1) is 0 Å². The molecular formula is C36H29NO6S. The lowest BCUT2D eigenvalue weighted by Crippen LogP contribution is -2.32. The summed E-state index contributed by atoms with van der Waals surface area (Å²) in [6, 6.07) is 24.3. The average molecular weight is 604 g/mol. The number of anilines is 1. The minimum absolute atomic E-state index is 0.00623. The maximum absolute atomic E-state index is 14.3. The Kier molecular flexibility index (Phi) is 7.91. The highest BCUT2D eigenvalue weighted by atomic mass is 32.2. The number of benzene rings is 4. The van der Waals surface area contributed by atoms with Gasteiger partial charge in [0.1, 0.15) is 5.75 Å². The van der Waals surface area contributed by atoms with E-state index in [9.17, 15) is 20.1 Å². The molecule has 0 aliphatic carbocycles. The Balaban J connectivity index is 1.52. The summed E-state index contributed by atoms with van der Waals surface area (Å²) >= 11 is 1.60. The first kappa shape index (κ1) is 28.8. The summed E-state index contributed by atoms with van der Waals surface area (Å²) in [4.78, 5) is 17.4. The van der Waals surface area contributed by atoms with Crippen LogP contribution in [-0.4, -0.2) is 35.3 Å². The molecule has 4 aromatic carbocycles. The Hall–Kier alpha value is -5.34. The molecule has 0 bridgehead atoms. The number of allylic oxidation sites excluding steroid dienone is 4. The van der Waals surface area contributed by atoms with Crippen LogP contribution in [0.25, 0.3) is 12.2 Å². The zero-order valence-corrected chi connectivity index (χ0v) is 24.8. The van der Waals surface area contributed by atoms with Crippen LogP contribution < -0.4 is 14.4 Å². The molecule has 7 nitrogen and oxygen atoms in total. The van der Waals surface area contributed by atoms with Gasteiger partial charge in [-0.15, -0.1) is 0 Å². The van der Waals surface area contributed by atoms with Crippen molar-refractivity contribution in [2.75, 3.05) is 19.1 Å². The second kappa shape index (κ2) is 12.1. The minimum atomic E-state index is -0.632. The monoisotopic (exact) mass is 603 g/mol. The lowest BCUT2D eigenvalue weighted by atomic mass is 9.86. The number of ether oxygens (including phenoxy) is 2. The van der Waals surface area contributed by atoms with Crippen LogP contribution >= 0.6 is 11.8 Å². The van der Waals surface area contributed by atoms with E-state index >= 15 is 0 Å². The van der Waals surface area contributed by atoms with Crippen molar-refractivity contribution in [1.29, 1.82) is 0 Å². The van der Waals surface area contributed by atoms with Gasteiger partial charge in [-0.1, -0.05) is 72.5 Å². The number of carbonyl (C=O) groups is 1. The minimum Gasteiger partial charge on any atom is -0.508 e. The SMILES string of the molecule is COc1cc(/C=C/C(=O)C2=C(/C=C/c3ccc(O)c(OC)c3)C=C3Sc4ccccc4N3C2c2ccccc2O)ccc1O. The fraction of sp³-hybridized carbons (Fsp3) is 0.0833. The molecule has 0 amide bonds. The van der Waals surface area contributed by atoms with Crippen LogP contribution in [0.1, 0.15) is 22.7 Å². The zero-order valence-electron chi connectivity index (χ0n) is 24.0. The van der Waals surface area contributed by atoms with E-state index in [-0.39, 0.29) is 23.0 Å². The molecular weight excluding hydrogens is 574 g/mol. The summed E-state index contributed by atoms with van der Waals surface area (Å²) in [6.45, 7) is 0. The molecule has 2 aliphatic heterocycles. The standard InChI is InChI=1S/C36H29NO6S/c1-42-31-19-22(12-16-28(31)39)11-15-24-21-34-37(26-8-4-6-10-33(26)44-34)36(25-7-3-5-9-27(25)38)35(24)30(41)18-14-23-13-17-29(40)32(20-23)43-2/h3-21,36,38-40H,1-2H3/b15-11+,18-14+. The number of thioether (sulfide) groups is 1. The molecule has 4 aromatic rings. The molecule has 0 radical (unpaired) electrons. The van der Waals surface area contributed by atoms with Crippen molar-refractivity contribution in [1.82, 2.24) is 0 Å². The normalized spacial score (nSPS) is 15.8. The van der Waals surface area contributed by atoms with E-state index in [4.69, 9.17) is 9.47 Å².